The minimum absolute atomic E-state index is 0.131. The van der Waals surface area contributed by atoms with Gasteiger partial charge in [-0.15, -0.1) is 0 Å². The Kier molecular flexibility index (Phi) is 7.01. The van der Waals surface area contributed by atoms with Crippen molar-refractivity contribution < 1.29 is 14.3 Å². The van der Waals surface area contributed by atoms with E-state index in [4.69, 9.17) is 4.74 Å². The summed E-state index contributed by atoms with van der Waals surface area (Å²) in [6, 6.07) is 18.8. The van der Waals surface area contributed by atoms with Gasteiger partial charge in [0.25, 0.3) is 5.91 Å². The van der Waals surface area contributed by atoms with E-state index in [9.17, 15) is 9.59 Å². The van der Waals surface area contributed by atoms with Gasteiger partial charge in [0.2, 0.25) is 5.91 Å². The summed E-state index contributed by atoms with van der Waals surface area (Å²) in [6.45, 7) is 1.48. The number of hydrazine groups is 1. The summed E-state index contributed by atoms with van der Waals surface area (Å²) in [5.41, 5.74) is 7.45. The Bertz CT molecular complexity index is 1020. The van der Waals surface area contributed by atoms with Crippen molar-refractivity contribution in [1.82, 2.24) is 20.4 Å². The van der Waals surface area contributed by atoms with Crippen molar-refractivity contribution in [2.75, 3.05) is 12.4 Å². The standard InChI is InChI=1S/C23H24N4O3S/c28-21(25-26-22(29)18-10-5-2-6-11-18)16-31-23-24-14-20(17-8-3-1-4-9-17)27(23)15-19-12-7-13-30-19/h1-6,8-11,14,19H,7,12-13,15-16H2,(H,25,28)(H,26,29)/t19-/m1/s1. The number of hydrogen-bond acceptors (Lipinski definition) is 5. The summed E-state index contributed by atoms with van der Waals surface area (Å²) < 4.78 is 7.94. The highest BCUT2D eigenvalue weighted by Crippen LogP contribution is 2.28. The predicted octanol–water partition coefficient (Wildman–Crippen LogP) is 3.28. The van der Waals surface area contributed by atoms with Crippen LogP contribution in [0.5, 0.6) is 0 Å². The zero-order valence-corrected chi connectivity index (χ0v) is 17.8. The zero-order chi connectivity index (χ0) is 21.5. The molecule has 1 saturated heterocycles. The molecule has 0 aliphatic carbocycles. The average Bonchev–Trinajstić information content (AvgIpc) is 3.47. The van der Waals surface area contributed by atoms with Gasteiger partial charge in [-0.3, -0.25) is 20.4 Å². The number of aromatic nitrogens is 2. The molecule has 2 heterocycles. The molecule has 1 aliphatic heterocycles. The number of thioether (sulfide) groups is 1. The number of amides is 2. The molecule has 3 aromatic rings. The summed E-state index contributed by atoms with van der Waals surface area (Å²) in [7, 11) is 0. The second kappa shape index (κ2) is 10.3. The van der Waals surface area contributed by atoms with E-state index in [-0.39, 0.29) is 23.7 Å². The van der Waals surface area contributed by atoms with Crippen molar-refractivity contribution in [2.45, 2.75) is 30.6 Å². The molecule has 8 heteroatoms. The maximum absolute atomic E-state index is 12.3. The van der Waals surface area contributed by atoms with Gasteiger partial charge in [0.1, 0.15) is 0 Å². The molecule has 0 saturated carbocycles. The second-order valence-electron chi connectivity index (χ2n) is 7.19. The van der Waals surface area contributed by atoms with Crippen molar-refractivity contribution in [2.24, 2.45) is 0 Å². The number of nitrogens with zero attached hydrogens (tertiary/aromatic N) is 2. The third kappa shape index (κ3) is 5.53. The quantitative estimate of drug-likeness (QED) is 0.439. The molecule has 0 spiro atoms. The van der Waals surface area contributed by atoms with E-state index in [0.29, 0.717) is 12.1 Å². The Morgan fingerprint density at radius 3 is 2.52 bits per heavy atom. The predicted molar refractivity (Wildman–Crippen MR) is 119 cm³/mol. The van der Waals surface area contributed by atoms with E-state index >= 15 is 0 Å². The average molecular weight is 437 g/mol. The summed E-state index contributed by atoms with van der Waals surface area (Å²) in [5.74, 6) is -0.529. The molecule has 31 heavy (non-hydrogen) atoms. The van der Waals surface area contributed by atoms with Crippen LogP contribution in [0.2, 0.25) is 0 Å². The summed E-state index contributed by atoms with van der Waals surface area (Å²) in [4.78, 5) is 28.9. The van der Waals surface area contributed by atoms with Crippen LogP contribution < -0.4 is 10.9 Å². The molecule has 2 amide bonds. The molecule has 0 unspecified atom stereocenters. The molecule has 7 nitrogen and oxygen atoms in total. The second-order valence-corrected chi connectivity index (χ2v) is 8.14. The van der Waals surface area contributed by atoms with Gasteiger partial charge in [0, 0.05) is 12.2 Å². The smallest absolute Gasteiger partial charge is 0.269 e. The van der Waals surface area contributed by atoms with Gasteiger partial charge in [0.05, 0.1) is 30.3 Å². The molecule has 160 valence electrons. The number of carbonyl (C=O) groups is 2. The fraction of sp³-hybridized carbons (Fsp3) is 0.261. The van der Waals surface area contributed by atoms with Crippen LogP contribution in [0.25, 0.3) is 11.3 Å². The molecule has 1 fully saturated rings. The minimum atomic E-state index is -0.356. The molecule has 0 radical (unpaired) electrons. The number of benzene rings is 2. The van der Waals surface area contributed by atoms with Gasteiger partial charge in [-0.25, -0.2) is 4.98 Å². The van der Waals surface area contributed by atoms with Crippen molar-refractivity contribution in [1.29, 1.82) is 0 Å². The maximum atomic E-state index is 12.3. The lowest BCUT2D eigenvalue weighted by molar-refractivity contribution is -0.119. The Labute approximate surface area is 185 Å². The monoisotopic (exact) mass is 436 g/mol. The Morgan fingerprint density at radius 1 is 1.06 bits per heavy atom. The number of imidazole rings is 1. The minimum Gasteiger partial charge on any atom is -0.376 e. The molecule has 2 N–H and O–H groups in total. The number of hydrogen-bond donors (Lipinski definition) is 2. The molecule has 0 bridgehead atoms. The summed E-state index contributed by atoms with van der Waals surface area (Å²) >= 11 is 1.33. The lowest BCUT2D eigenvalue weighted by Gasteiger charge is -2.16. The van der Waals surface area contributed by atoms with Crippen LogP contribution in [0, 0.1) is 0 Å². The van der Waals surface area contributed by atoms with Crippen LogP contribution >= 0.6 is 11.8 Å². The van der Waals surface area contributed by atoms with Crippen LogP contribution in [0.1, 0.15) is 23.2 Å². The van der Waals surface area contributed by atoms with E-state index in [0.717, 1.165) is 35.9 Å². The van der Waals surface area contributed by atoms with E-state index in [2.05, 4.69) is 20.4 Å². The Morgan fingerprint density at radius 2 is 1.81 bits per heavy atom. The van der Waals surface area contributed by atoms with Crippen molar-refractivity contribution in [3.8, 4) is 11.3 Å². The third-order valence-corrected chi connectivity index (χ3v) is 5.97. The number of nitrogens with one attached hydrogen (secondary N) is 2. The first-order valence-corrected chi connectivity index (χ1v) is 11.2. The summed E-state index contributed by atoms with van der Waals surface area (Å²) in [6.07, 6.45) is 4.06. The Balaban J connectivity index is 1.39. The van der Waals surface area contributed by atoms with Gasteiger partial charge >= 0.3 is 0 Å². The first-order valence-electron chi connectivity index (χ1n) is 10.2. The van der Waals surface area contributed by atoms with Crippen molar-refractivity contribution in [3.63, 3.8) is 0 Å². The van der Waals surface area contributed by atoms with E-state index in [1.54, 1.807) is 24.3 Å². The van der Waals surface area contributed by atoms with E-state index < -0.39 is 0 Å². The molecule has 2 aromatic carbocycles. The fourth-order valence-electron chi connectivity index (χ4n) is 3.44. The van der Waals surface area contributed by atoms with Crippen molar-refractivity contribution in [3.05, 3.63) is 72.4 Å². The molecule has 1 atom stereocenters. The van der Waals surface area contributed by atoms with E-state index in [1.807, 2.05) is 42.6 Å². The first-order chi connectivity index (χ1) is 15.2. The normalized spacial score (nSPS) is 15.5. The lowest BCUT2D eigenvalue weighted by atomic mass is 10.1. The van der Waals surface area contributed by atoms with Gasteiger partial charge in [0.15, 0.2) is 5.16 Å². The van der Waals surface area contributed by atoms with Crippen LogP contribution in [-0.4, -0.2) is 39.8 Å². The van der Waals surface area contributed by atoms with Crippen LogP contribution in [-0.2, 0) is 16.1 Å². The zero-order valence-electron chi connectivity index (χ0n) is 17.0. The Hall–Kier alpha value is -3.10. The fourth-order valence-corrected chi connectivity index (χ4v) is 4.22. The van der Waals surface area contributed by atoms with Crippen LogP contribution in [0.3, 0.4) is 0 Å². The van der Waals surface area contributed by atoms with E-state index in [1.165, 1.54) is 11.8 Å². The highest BCUT2D eigenvalue weighted by Gasteiger charge is 2.21. The van der Waals surface area contributed by atoms with Gasteiger partial charge in [-0.05, 0) is 30.5 Å². The molecule has 1 aromatic heterocycles. The molecule has 4 rings (SSSR count). The highest BCUT2D eigenvalue weighted by molar-refractivity contribution is 7.99. The SMILES string of the molecule is O=C(CSc1ncc(-c2ccccc2)n1C[C@H]1CCCO1)NNC(=O)c1ccccc1. The highest BCUT2D eigenvalue weighted by atomic mass is 32.2. The molecular weight excluding hydrogens is 412 g/mol. The van der Waals surface area contributed by atoms with Gasteiger partial charge in [-0.2, -0.15) is 0 Å². The molecule has 1 aliphatic rings. The van der Waals surface area contributed by atoms with Gasteiger partial charge in [-0.1, -0.05) is 60.3 Å². The third-order valence-electron chi connectivity index (χ3n) is 4.98. The number of ether oxygens (including phenoxy) is 1. The maximum Gasteiger partial charge on any atom is 0.269 e. The number of carbonyl (C=O) groups excluding carboxylic acids is 2. The largest absolute Gasteiger partial charge is 0.376 e. The van der Waals surface area contributed by atoms with Crippen molar-refractivity contribution >= 4 is 23.6 Å². The van der Waals surface area contributed by atoms with Crippen LogP contribution in [0.4, 0.5) is 0 Å². The summed E-state index contributed by atoms with van der Waals surface area (Å²) in [5, 5.41) is 0.749. The topological polar surface area (TPSA) is 85.2 Å². The lowest BCUT2D eigenvalue weighted by Crippen LogP contribution is -2.42. The molecular formula is C23H24N4O3S. The first kappa shape index (κ1) is 21.1. The number of rotatable bonds is 7. The van der Waals surface area contributed by atoms with Gasteiger partial charge < -0.3 is 9.30 Å². The van der Waals surface area contributed by atoms with Crippen LogP contribution in [0.15, 0.2) is 72.0 Å².